The third-order valence-electron chi connectivity index (χ3n) is 2.85. The highest BCUT2D eigenvalue weighted by molar-refractivity contribution is 5.71. The molecule has 1 fully saturated rings. The SMILES string of the molecule is CCC1CC(C(=O)O)C(C(C)(C)C)O1. The highest BCUT2D eigenvalue weighted by Crippen LogP contribution is 2.38. The minimum Gasteiger partial charge on any atom is -0.481 e. The summed E-state index contributed by atoms with van der Waals surface area (Å²) in [6.45, 7) is 8.14. The smallest absolute Gasteiger partial charge is 0.309 e. The maximum atomic E-state index is 11.0. The van der Waals surface area contributed by atoms with Gasteiger partial charge in [0.1, 0.15) is 0 Å². The molecule has 0 aromatic rings. The number of hydrogen-bond donors (Lipinski definition) is 1. The van der Waals surface area contributed by atoms with Gasteiger partial charge in [0.25, 0.3) is 0 Å². The number of rotatable bonds is 2. The Morgan fingerprint density at radius 1 is 1.50 bits per heavy atom. The Morgan fingerprint density at radius 3 is 2.36 bits per heavy atom. The summed E-state index contributed by atoms with van der Waals surface area (Å²) in [6, 6.07) is 0. The highest BCUT2D eigenvalue weighted by atomic mass is 16.5. The summed E-state index contributed by atoms with van der Waals surface area (Å²) in [7, 11) is 0. The number of ether oxygens (including phenoxy) is 1. The molecule has 3 unspecified atom stereocenters. The molecule has 0 aliphatic carbocycles. The lowest BCUT2D eigenvalue weighted by Gasteiger charge is -2.29. The summed E-state index contributed by atoms with van der Waals surface area (Å²) in [4.78, 5) is 11.0. The van der Waals surface area contributed by atoms with Crippen molar-refractivity contribution >= 4 is 5.97 Å². The van der Waals surface area contributed by atoms with Crippen LogP contribution in [0, 0.1) is 11.3 Å². The lowest BCUT2D eigenvalue weighted by Crippen LogP contribution is -2.35. The van der Waals surface area contributed by atoms with Crippen LogP contribution in [-0.4, -0.2) is 23.3 Å². The van der Waals surface area contributed by atoms with Crippen molar-refractivity contribution in [3.63, 3.8) is 0 Å². The number of carbonyl (C=O) groups is 1. The molecule has 3 heteroatoms. The first-order valence-corrected chi connectivity index (χ1v) is 5.24. The van der Waals surface area contributed by atoms with E-state index in [4.69, 9.17) is 9.84 Å². The Hall–Kier alpha value is -0.570. The predicted octanol–water partition coefficient (Wildman–Crippen LogP) is 2.30. The molecule has 82 valence electrons. The quantitative estimate of drug-likeness (QED) is 0.744. The molecule has 0 amide bonds. The largest absolute Gasteiger partial charge is 0.481 e. The van der Waals surface area contributed by atoms with Crippen LogP contribution in [0.5, 0.6) is 0 Å². The van der Waals surface area contributed by atoms with Crippen LogP contribution in [0.4, 0.5) is 0 Å². The summed E-state index contributed by atoms with van der Waals surface area (Å²) in [5.74, 6) is -1.05. The molecule has 14 heavy (non-hydrogen) atoms. The molecule has 1 aliphatic rings. The van der Waals surface area contributed by atoms with Gasteiger partial charge in [-0.05, 0) is 18.3 Å². The van der Waals surface area contributed by atoms with E-state index in [9.17, 15) is 4.79 Å². The second-order valence-corrected chi connectivity index (χ2v) is 5.13. The van der Waals surface area contributed by atoms with Crippen molar-refractivity contribution in [3.8, 4) is 0 Å². The molecule has 1 N–H and O–H groups in total. The zero-order valence-corrected chi connectivity index (χ0v) is 9.41. The molecule has 0 aromatic carbocycles. The van der Waals surface area contributed by atoms with Crippen molar-refractivity contribution in [2.45, 2.75) is 52.7 Å². The molecule has 0 saturated carbocycles. The maximum Gasteiger partial charge on any atom is 0.309 e. The predicted molar refractivity (Wildman–Crippen MR) is 54.1 cm³/mol. The van der Waals surface area contributed by atoms with Crippen molar-refractivity contribution in [1.82, 2.24) is 0 Å². The summed E-state index contributed by atoms with van der Waals surface area (Å²) in [5.41, 5.74) is -0.0903. The van der Waals surface area contributed by atoms with Gasteiger partial charge in [0.05, 0.1) is 18.1 Å². The Labute approximate surface area is 85.5 Å². The Balaban J connectivity index is 2.77. The van der Waals surface area contributed by atoms with E-state index in [1.165, 1.54) is 0 Å². The number of carboxylic acids is 1. The van der Waals surface area contributed by atoms with Gasteiger partial charge in [-0.1, -0.05) is 27.7 Å². The average molecular weight is 200 g/mol. The monoisotopic (exact) mass is 200 g/mol. The zero-order valence-electron chi connectivity index (χ0n) is 9.41. The van der Waals surface area contributed by atoms with Gasteiger partial charge in [-0.15, -0.1) is 0 Å². The van der Waals surface area contributed by atoms with Gasteiger partial charge in [0.15, 0.2) is 0 Å². The van der Waals surface area contributed by atoms with Crippen molar-refractivity contribution in [3.05, 3.63) is 0 Å². The molecule has 0 bridgehead atoms. The molecular formula is C11H20O3. The first-order valence-electron chi connectivity index (χ1n) is 5.24. The minimum absolute atomic E-state index is 0.0903. The average Bonchev–Trinajstić information content (AvgIpc) is 2.46. The standard InChI is InChI=1S/C11H20O3/c1-5-7-6-8(10(12)13)9(14-7)11(2,3)4/h7-9H,5-6H2,1-4H3,(H,12,13). The summed E-state index contributed by atoms with van der Waals surface area (Å²) in [6.07, 6.45) is 1.54. The van der Waals surface area contributed by atoms with Gasteiger partial charge in [0, 0.05) is 0 Å². The van der Waals surface area contributed by atoms with E-state index in [0.717, 1.165) is 6.42 Å². The molecule has 0 radical (unpaired) electrons. The normalized spacial score (nSPS) is 33.3. The molecule has 0 spiro atoms. The summed E-state index contributed by atoms with van der Waals surface area (Å²) in [5, 5.41) is 9.08. The van der Waals surface area contributed by atoms with Gasteiger partial charge in [0.2, 0.25) is 0 Å². The lowest BCUT2D eigenvalue weighted by molar-refractivity contribution is -0.146. The van der Waals surface area contributed by atoms with E-state index in [1.54, 1.807) is 0 Å². The fraction of sp³-hybridized carbons (Fsp3) is 0.909. The van der Waals surface area contributed by atoms with Gasteiger partial charge < -0.3 is 9.84 Å². The highest BCUT2D eigenvalue weighted by Gasteiger charge is 2.44. The number of aliphatic carboxylic acids is 1. The summed E-state index contributed by atoms with van der Waals surface area (Å²) < 4.78 is 5.77. The van der Waals surface area contributed by atoms with Crippen LogP contribution in [-0.2, 0) is 9.53 Å². The van der Waals surface area contributed by atoms with Crippen LogP contribution < -0.4 is 0 Å². The fourth-order valence-electron chi connectivity index (χ4n) is 2.07. The maximum absolute atomic E-state index is 11.0. The van der Waals surface area contributed by atoms with Gasteiger partial charge in [-0.2, -0.15) is 0 Å². The first-order chi connectivity index (χ1) is 6.36. The Morgan fingerprint density at radius 2 is 2.07 bits per heavy atom. The topological polar surface area (TPSA) is 46.5 Å². The van der Waals surface area contributed by atoms with Crippen LogP contribution in [0.15, 0.2) is 0 Å². The van der Waals surface area contributed by atoms with Gasteiger partial charge >= 0.3 is 5.97 Å². The molecular weight excluding hydrogens is 180 g/mol. The van der Waals surface area contributed by atoms with Crippen LogP contribution in [0.3, 0.4) is 0 Å². The van der Waals surface area contributed by atoms with Gasteiger partial charge in [-0.25, -0.2) is 0 Å². The van der Waals surface area contributed by atoms with E-state index in [-0.39, 0.29) is 23.5 Å². The molecule has 1 saturated heterocycles. The van der Waals surface area contributed by atoms with Gasteiger partial charge in [-0.3, -0.25) is 4.79 Å². The minimum atomic E-state index is -0.721. The zero-order chi connectivity index (χ0) is 10.9. The number of hydrogen-bond acceptors (Lipinski definition) is 2. The second kappa shape index (κ2) is 3.89. The second-order valence-electron chi connectivity index (χ2n) is 5.13. The van der Waals surface area contributed by atoms with E-state index in [0.29, 0.717) is 6.42 Å². The summed E-state index contributed by atoms with van der Waals surface area (Å²) >= 11 is 0. The van der Waals surface area contributed by atoms with E-state index >= 15 is 0 Å². The lowest BCUT2D eigenvalue weighted by atomic mass is 9.81. The molecule has 1 heterocycles. The third kappa shape index (κ3) is 2.27. The van der Waals surface area contributed by atoms with Crippen LogP contribution in [0.25, 0.3) is 0 Å². The number of carboxylic acid groups (broad SMARTS) is 1. The van der Waals surface area contributed by atoms with Crippen molar-refractivity contribution in [1.29, 1.82) is 0 Å². The van der Waals surface area contributed by atoms with Crippen LogP contribution >= 0.6 is 0 Å². The van der Waals surface area contributed by atoms with E-state index < -0.39 is 5.97 Å². The van der Waals surface area contributed by atoms with Crippen molar-refractivity contribution < 1.29 is 14.6 Å². The van der Waals surface area contributed by atoms with Crippen LogP contribution in [0.1, 0.15) is 40.5 Å². The molecule has 1 rings (SSSR count). The third-order valence-corrected chi connectivity index (χ3v) is 2.85. The van der Waals surface area contributed by atoms with Crippen LogP contribution in [0.2, 0.25) is 0 Å². The van der Waals surface area contributed by atoms with E-state index in [2.05, 4.69) is 0 Å². The van der Waals surface area contributed by atoms with Crippen molar-refractivity contribution in [2.75, 3.05) is 0 Å². The van der Waals surface area contributed by atoms with Crippen molar-refractivity contribution in [2.24, 2.45) is 11.3 Å². The Bertz CT molecular complexity index is 217. The fourth-order valence-corrected chi connectivity index (χ4v) is 2.07. The molecule has 1 aliphatic heterocycles. The van der Waals surface area contributed by atoms with E-state index in [1.807, 2.05) is 27.7 Å². The Kier molecular flexibility index (Phi) is 3.20. The first kappa shape index (κ1) is 11.5. The molecule has 3 nitrogen and oxygen atoms in total. The molecule has 3 atom stereocenters. The molecule has 0 aromatic heterocycles.